The summed E-state index contributed by atoms with van der Waals surface area (Å²) < 4.78 is 10.8. The lowest BCUT2D eigenvalue weighted by molar-refractivity contribution is -0.150. The number of amides is 4. The molecule has 1 unspecified atom stereocenters. The maximum Gasteiger partial charge on any atom is 0.410 e. The fourth-order valence-electron chi connectivity index (χ4n) is 6.06. The first-order valence-electron chi connectivity index (χ1n) is 14.5. The van der Waals surface area contributed by atoms with Crippen LogP contribution in [0.25, 0.3) is 0 Å². The molecule has 3 heterocycles. The minimum atomic E-state index is -0.878. The smallest absolute Gasteiger partial charge is 0.410 e. The average molecular weight is 577 g/mol. The molecular weight excluding hydrogens is 536 g/mol. The normalized spacial score (nSPS) is 20.6. The number of likely N-dealkylation sites (tertiary alicyclic amines) is 1. The lowest BCUT2D eigenvalue weighted by atomic mass is 9.84. The third kappa shape index (κ3) is 5.42. The van der Waals surface area contributed by atoms with Crippen LogP contribution in [0.4, 0.5) is 16.2 Å². The van der Waals surface area contributed by atoms with Crippen LogP contribution < -0.4 is 14.5 Å². The highest BCUT2D eigenvalue weighted by Gasteiger charge is 2.52. The molecule has 5 rings (SSSR count). The summed E-state index contributed by atoms with van der Waals surface area (Å²) in [5, 5.41) is 0. The van der Waals surface area contributed by atoms with Crippen molar-refractivity contribution in [1.29, 1.82) is 0 Å². The van der Waals surface area contributed by atoms with Crippen molar-refractivity contribution in [2.75, 3.05) is 43.1 Å². The highest BCUT2D eigenvalue weighted by Crippen LogP contribution is 2.48. The average Bonchev–Trinajstić information content (AvgIpc) is 3.15. The molecule has 3 aliphatic rings. The van der Waals surface area contributed by atoms with E-state index in [1.54, 1.807) is 29.0 Å². The van der Waals surface area contributed by atoms with E-state index in [9.17, 15) is 19.2 Å². The van der Waals surface area contributed by atoms with Crippen LogP contribution in [0.15, 0.2) is 42.5 Å². The zero-order chi connectivity index (χ0) is 30.4. The number of fused-ring (bicyclic) bond motifs is 1. The van der Waals surface area contributed by atoms with E-state index in [4.69, 9.17) is 9.47 Å². The van der Waals surface area contributed by atoms with E-state index in [1.165, 1.54) is 4.90 Å². The number of anilines is 2. The molecule has 0 N–H and O–H groups in total. The Hall–Kier alpha value is -4.08. The van der Waals surface area contributed by atoms with Gasteiger partial charge in [0.2, 0.25) is 11.8 Å². The summed E-state index contributed by atoms with van der Waals surface area (Å²) >= 11 is 0. The van der Waals surface area contributed by atoms with Crippen molar-refractivity contribution in [1.82, 2.24) is 9.80 Å². The summed E-state index contributed by atoms with van der Waals surface area (Å²) in [6.07, 6.45) is 0.126. The lowest BCUT2D eigenvalue weighted by Crippen LogP contribution is -2.56. The Kier molecular flexibility index (Phi) is 7.68. The Morgan fingerprint density at radius 3 is 2.21 bits per heavy atom. The quantitative estimate of drug-likeness (QED) is 0.495. The predicted molar refractivity (Wildman–Crippen MR) is 159 cm³/mol. The van der Waals surface area contributed by atoms with Crippen LogP contribution in [-0.4, -0.2) is 78.5 Å². The molecule has 0 spiro atoms. The van der Waals surface area contributed by atoms with E-state index in [2.05, 4.69) is 4.90 Å². The molecule has 0 aromatic heterocycles. The molecule has 1 atom stereocenters. The van der Waals surface area contributed by atoms with E-state index in [-0.39, 0.29) is 43.2 Å². The first-order valence-corrected chi connectivity index (χ1v) is 14.5. The number of piperazine rings is 1. The molecule has 0 saturated carbocycles. The topological polar surface area (TPSA) is 99.7 Å². The van der Waals surface area contributed by atoms with E-state index < -0.39 is 17.1 Å². The number of carbonyl (C=O) groups is 4. The largest absolute Gasteiger partial charge is 0.497 e. The fourth-order valence-corrected chi connectivity index (χ4v) is 6.06. The van der Waals surface area contributed by atoms with Gasteiger partial charge >= 0.3 is 6.09 Å². The number of methoxy groups -OCH3 is 1. The SMILES string of the molecule is COc1ccc(CN2C(=O)CCC(N3C(=O)C(C)(C)c4c(N5CCN(C(=O)OC(C)(C)C)CC5)cccc43)C2=O)cc1. The van der Waals surface area contributed by atoms with Crippen molar-refractivity contribution in [3.8, 4) is 5.75 Å². The van der Waals surface area contributed by atoms with Gasteiger partial charge < -0.3 is 19.3 Å². The van der Waals surface area contributed by atoms with E-state index in [0.717, 1.165) is 16.8 Å². The molecule has 0 radical (unpaired) electrons. The molecule has 0 aliphatic carbocycles. The first kappa shape index (κ1) is 29.4. The van der Waals surface area contributed by atoms with Crippen LogP contribution in [0, 0.1) is 0 Å². The van der Waals surface area contributed by atoms with Crippen molar-refractivity contribution in [3.05, 3.63) is 53.6 Å². The highest BCUT2D eigenvalue weighted by molar-refractivity contribution is 6.14. The van der Waals surface area contributed by atoms with Crippen molar-refractivity contribution in [2.45, 2.75) is 71.1 Å². The second-order valence-electron chi connectivity index (χ2n) is 12.6. The number of ether oxygens (including phenoxy) is 2. The Morgan fingerprint density at radius 2 is 1.60 bits per heavy atom. The Bertz CT molecular complexity index is 1390. The molecule has 224 valence electrons. The van der Waals surface area contributed by atoms with Gasteiger partial charge in [0.05, 0.1) is 24.8 Å². The second kappa shape index (κ2) is 11.0. The minimum absolute atomic E-state index is 0.137. The van der Waals surface area contributed by atoms with Crippen LogP contribution in [0.2, 0.25) is 0 Å². The van der Waals surface area contributed by atoms with Gasteiger partial charge in [-0.2, -0.15) is 0 Å². The zero-order valence-corrected chi connectivity index (χ0v) is 25.3. The summed E-state index contributed by atoms with van der Waals surface area (Å²) in [5.41, 5.74) is 1.86. The van der Waals surface area contributed by atoms with Crippen molar-refractivity contribution < 1.29 is 28.7 Å². The first-order chi connectivity index (χ1) is 19.8. The van der Waals surface area contributed by atoms with Crippen LogP contribution in [0.3, 0.4) is 0 Å². The molecule has 2 aromatic carbocycles. The summed E-state index contributed by atoms with van der Waals surface area (Å²) in [6, 6.07) is 12.3. The number of imide groups is 1. The number of hydrogen-bond acceptors (Lipinski definition) is 7. The Labute approximate surface area is 247 Å². The number of carbonyl (C=O) groups excluding carboxylic acids is 4. The molecule has 3 aliphatic heterocycles. The molecule has 2 fully saturated rings. The number of nitrogens with zero attached hydrogens (tertiary/aromatic N) is 4. The van der Waals surface area contributed by atoms with Gasteiger partial charge in [-0.25, -0.2) is 4.79 Å². The predicted octanol–water partition coefficient (Wildman–Crippen LogP) is 4.09. The van der Waals surface area contributed by atoms with Gasteiger partial charge in [0.15, 0.2) is 0 Å². The Balaban J connectivity index is 1.39. The lowest BCUT2D eigenvalue weighted by Gasteiger charge is -2.38. The minimum Gasteiger partial charge on any atom is -0.497 e. The second-order valence-corrected chi connectivity index (χ2v) is 12.6. The fraction of sp³-hybridized carbons (Fsp3) is 0.500. The van der Waals surface area contributed by atoms with Gasteiger partial charge in [-0.3, -0.25) is 24.2 Å². The van der Waals surface area contributed by atoms with E-state index in [0.29, 0.717) is 37.6 Å². The third-order valence-corrected chi connectivity index (χ3v) is 8.23. The van der Waals surface area contributed by atoms with Gasteiger partial charge in [0.25, 0.3) is 5.91 Å². The maximum atomic E-state index is 14.0. The molecular formula is C32H40N4O6. The van der Waals surface area contributed by atoms with Gasteiger partial charge in [0.1, 0.15) is 17.4 Å². The van der Waals surface area contributed by atoms with Crippen molar-refractivity contribution in [2.24, 2.45) is 0 Å². The van der Waals surface area contributed by atoms with Crippen molar-refractivity contribution >= 4 is 35.2 Å². The summed E-state index contributed by atoms with van der Waals surface area (Å²) in [7, 11) is 1.58. The van der Waals surface area contributed by atoms with E-state index in [1.807, 2.05) is 65.0 Å². The molecule has 2 aromatic rings. The summed E-state index contributed by atoms with van der Waals surface area (Å²) in [5.74, 6) is -0.0730. The maximum absolute atomic E-state index is 14.0. The Morgan fingerprint density at radius 1 is 0.952 bits per heavy atom. The number of piperidine rings is 1. The van der Waals surface area contributed by atoms with Crippen LogP contribution in [0.1, 0.15) is 58.6 Å². The monoisotopic (exact) mass is 576 g/mol. The van der Waals surface area contributed by atoms with Crippen LogP contribution >= 0.6 is 0 Å². The van der Waals surface area contributed by atoms with Crippen molar-refractivity contribution in [3.63, 3.8) is 0 Å². The number of rotatable bonds is 5. The molecule has 4 amide bonds. The summed E-state index contributed by atoms with van der Waals surface area (Å²) in [6.45, 7) is 11.7. The van der Waals surface area contributed by atoms with Gasteiger partial charge in [-0.1, -0.05) is 18.2 Å². The molecule has 10 nitrogen and oxygen atoms in total. The molecule has 10 heteroatoms. The molecule has 42 heavy (non-hydrogen) atoms. The van der Waals surface area contributed by atoms with Crippen LogP contribution in [0.5, 0.6) is 5.75 Å². The van der Waals surface area contributed by atoms with Gasteiger partial charge in [0, 0.05) is 43.9 Å². The molecule has 2 saturated heterocycles. The zero-order valence-electron chi connectivity index (χ0n) is 25.3. The number of benzene rings is 2. The van der Waals surface area contributed by atoms with E-state index >= 15 is 0 Å². The standard InChI is InChI=1S/C32H40N4O6/c1-31(2,3)42-30(40)34-18-16-33(17-19-34)23-8-7-9-24-27(23)32(4,5)29(39)36(24)25-14-15-26(37)35(28(25)38)20-21-10-12-22(41-6)13-11-21/h7-13,25H,14-20H2,1-6H3. The van der Waals surface area contributed by atoms with Gasteiger partial charge in [-0.15, -0.1) is 0 Å². The third-order valence-electron chi connectivity index (χ3n) is 8.23. The summed E-state index contributed by atoms with van der Waals surface area (Å²) in [4.78, 5) is 60.1. The molecule has 0 bridgehead atoms. The van der Waals surface area contributed by atoms with Crippen LogP contribution in [-0.2, 0) is 31.1 Å². The number of hydrogen-bond donors (Lipinski definition) is 0. The van der Waals surface area contributed by atoms with Gasteiger partial charge in [-0.05, 0) is 70.9 Å². The highest BCUT2D eigenvalue weighted by atomic mass is 16.6.